The standard InChI is InChI=1S/C14H21N3O2S.ClH/c1-10-4-5-17(11(7-10)8-15)13(18)9-16-14(19)12-3-2-6-20-12;/h2-3,6,10-11H,4-5,7-9,15H2,1H3,(H,16,19);1H. The monoisotopic (exact) mass is 331 g/mol. The van der Waals surface area contributed by atoms with Gasteiger partial charge in [-0.05, 0) is 30.2 Å². The Bertz CT molecular complexity index is 467. The molecule has 0 aromatic carbocycles. The molecule has 118 valence electrons. The molecule has 2 amide bonds. The van der Waals surface area contributed by atoms with Crippen LogP contribution in [0.5, 0.6) is 0 Å². The molecule has 7 heteroatoms. The summed E-state index contributed by atoms with van der Waals surface area (Å²) in [6.45, 7) is 3.44. The van der Waals surface area contributed by atoms with Gasteiger partial charge in [0.25, 0.3) is 5.91 Å². The van der Waals surface area contributed by atoms with Crippen LogP contribution < -0.4 is 11.1 Å². The van der Waals surface area contributed by atoms with E-state index in [2.05, 4.69) is 12.2 Å². The Labute approximate surface area is 135 Å². The predicted molar refractivity (Wildman–Crippen MR) is 86.9 cm³/mol. The van der Waals surface area contributed by atoms with E-state index in [4.69, 9.17) is 5.73 Å². The zero-order chi connectivity index (χ0) is 14.5. The van der Waals surface area contributed by atoms with E-state index in [0.29, 0.717) is 17.3 Å². The molecule has 1 saturated heterocycles. The first-order chi connectivity index (χ1) is 9.61. The minimum Gasteiger partial charge on any atom is -0.342 e. The molecule has 1 aliphatic heterocycles. The maximum atomic E-state index is 12.2. The highest BCUT2D eigenvalue weighted by atomic mass is 35.5. The van der Waals surface area contributed by atoms with Gasteiger partial charge in [0.2, 0.25) is 5.91 Å². The van der Waals surface area contributed by atoms with Crippen LogP contribution in [-0.4, -0.2) is 42.4 Å². The quantitative estimate of drug-likeness (QED) is 0.877. The van der Waals surface area contributed by atoms with Gasteiger partial charge in [-0.1, -0.05) is 13.0 Å². The molecule has 21 heavy (non-hydrogen) atoms. The lowest BCUT2D eigenvalue weighted by Crippen LogP contribution is -2.52. The topological polar surface area (TPSA) is 75.4 Å². The second-order valence-corrected chi connectivity index (χ2v) is 6.21. The third kappa shape index (κ3) is 4.69. The van der Waals surface area contributed by atoms with Crippen molar-refractivity contribution in [3.05, 3.63) is 22.4 Å². The van der Waals surface area contributed by atoms with Crippen molar-refractivity contribution in [1.82, 2.24) is 10.2 Å². The smallest absolute Gasteiger partial charge is 0.261 e. The molecule has 0 aliphatic carbocycles. The Morgan fingerprint density at radius 1 is 1.52 bits per heavy atom. The van der Waals surface area contributed by atoms with Crippen LogP contribution in [0.15, 0.2) is 17.5 Å². The summed E-state index contributed by atoms with van der Waals surface area (Å²) in [5.41, 5.74) is 5.75. The summed E-state index contributed by atoms with van der Waals surface area (Å²) in [6.07, 6.45) is 1.95. The highest BCUT2D eigenvalue weighted by Gasteiger charge is 2.28. The van der Waals surface area contributed by atoms with Crippen molar-refractivity contribution in [1.29, 1.82) is 0 Å². The minimum atomic E-state index is -0.192. The van der Waals surface area contributed by atoms with Crippen molar-refractivity contribution in [2.24, 2.45) is 11.7 Å². The lowest BCUT2D eigenvalue weighted by Gasteiger charge is -2.38. The van der Waals surface area contributed by atoms with Gasteiger partial charge in [0, 0.05) is 19.1 Å². The van der Waals surface area contributed by atoms with Gasteiger partial charge in [-0.15, -0.1) is 23.7 Å². The van der Waals surface area contributed by atoms with Crippen molar-refractivity contribution in [3.63, 3.8) is 0 Å². The second kappa shape index (κ2) is 8.36. The zero-order valence-electron chi connectivity index (χ0n) is 12.1. The number of nitrogens with one attached hydrogen (secondary N) is 1. The molecule has 5 nitrogen and oxygen atoms in total. The van der Waals surface area contributed by atoms with Crippen LogP contribution in [0, 0.1) is 5.92 Å². The molecule has 2 atom stereocenters. The van der Waals surface area contributed by atoms with E-state index < -0.39 is 0 Å². The number of amides is 2. The molecule has 0 radical (unpaired) electrons. The number of likely N-dealkylation sites (tertiary alicyclic amines) is 1. The summed E-state index contributed by atoms with van der Waals surface area (Å²) >= 11 is 1.37. The van der Waals surface area contributed by atoms with Gasteiger partial charge in [-0.25, -0.2) is 0 Å². The molecule has 0 saturated carbocycles. The van der Waals surface area contributed by atoms with Crippen LogP contribution in [0.2, 0.25) is 0 Å². The van der Waals surface area contributed by atoms with Crippen LogP contribution in [0.3, 0.4) is 0 Å². The van der Waals surface area contributed by atoms with E-state index in [0.717, 1.165) is 19.4 Å². The van der Waals surface area contributed by atoms with E-state index in [1.54, 1.807) is 6.07 Å². The van der Waals surface area contributed by atoms with E-state index in [1.165, 1.54) is 11.3 Å². The Balaban J connectivity index is 0.00000220. The normalized spacial score (nSPS) is 21.5. The van der Waals surface area contributed by atoms with Gasteiger partial charge in [-0.3, -0.25) is 9.59 Å². The summed E-state index contributed by atoms with van der Waals surface area (Å²) in [5, 5.41) is 4.52. The number of hydrogen-bond acceptors (Lipinski definition) is 4. The van der Waals surface area contributed by atoms with Gasteiger partial charge < -0.3 is 16.0 Å². The lowest BCUT2D eigenvalue weighted by molar-refractivity contribution is -0.134. The Morgan fingerprint density at radius 2 is 2.29 bits per heavy atom. The first kappa shape index (κ1) is 17.9. The molecule has 0 bridgehead atoms. The highest BCUT2D eigenvalue weighted by Crippen LogP contribution is 2.21. The number of carbonyl (C=O) groups excluding carboxylic acids is 2. The Morgan fingerprint density at radius 3 is 2.90 bits per heavy atom. The molecular weight excluding hydrogens is 310 g/mol. The zero-order valence-corrected chi connectivity index (χ0v) is 13.7. The molecule has 1 aromatic rings. The average Bonchev–Trinajstić information content (AvgIpc) is 2.98. The second-order valence-electron chi connectivity index (χ2n) is 5.27. The van der Waals surface area contributed by atoms with Crippen LogP contribution in [0.1, 0.15) is 29.4 Å². The van der Waals surface area contributed by atoms with Gasteiger partial charge >= 0.3 is 0 Å². The molecular formula is C14H22ClN3O2S. The third-order valence-corrected chi connectivity index (χ3v) is 4.58. The third-order valence-electron chi connectivity index (χ3n) is 3.72. The van der Waals surface area contributed by atoms with Gasteiger partial charge in [0.05, 0.1) is 11.4 Å². The number of hydrogen-bond donors (Lipinski definition) is 2. The fraction of sp³-hybridized carbons (Fsp3) is 0.571. The number of carbonyl (C=O) groups is 2. The number of nitrogens with two attached hydrogens (primary N) is 1. The molecule has 2 unspecified atom stereocenters. The first-order valence-corrected chi connectivity index (χ1v) is 7.81. The molecule has 2 heterocycles. The fourth-order valence-corrected chi connectivity index (χ4v) is 3.20. The molecule has 1 fully saturated rings. The molecule has 1 aliphatic rings. The van der Waals surface area contributed by atoms with Crippen molar-refractivity contribution in [2.75, 3.05) is 19.6 Å². The first-order valence-electron chi connectivity index (χ1n) is 6.93. The lowest BCUT2D eigenvalue weighted by atomic mass is 9.92. The van der Waals surface area contributed by atoms with Crippen molar-refractivity contribution >= 4 is 35.6 Å². The summed E-state index contributed by atoms with van der Waals surface area (Å²) in [6, 6.07) is 3.66. The fourth-order valence-electron chi connectivity index (χ4n) is 2.56. The van der Waals surface area contributed by atoms with E-state index in [1.807, 2.05) is 16.3 Å². The number of thiophene rings is 1. The number of halogens is 1. The molecule has 2 rings (SSSR count). The summed E-state index contributed by atoms with van der Waals surface area (Å²) < 4.78 is 0. The van der Waals surface area contributed by atoms with Crippen LogP contribution in [0.25, 0.3) is 0 Å². The number of nitrogens with zero attached hydrogens (tertiary/aromatic N) is 1. The van der Waals surface area contributed by atoms with E-state index in [-0.39, 0.29) is 36.8 Å². The van der Waals surface area contributed by atoms with Crippen LogP contribution in [0.4, 0.5) is 0 Å². The minimum absolute atomic E-state index is 0. The summed E-state index contributed by atoms with van der Waals surface area (Å²) in [7, 11) is 0. The Hall–Kier alpha value is -1.11. The van der Waals surface area contributed by atoms with E-state index >= 15 is 0 Å². The predicted octanol–water partition coefficient (Wildman–Crippen LogP) is 1.49. The average molecular weight is 332 g/mol. The maximum Gasteiger partial charge on any atom is 0.261 e. The Kier molecular flexibility index (Phi) is 7.14. The van der Waals surface area contributed by atoms with Crippen molar-refractivity contribution in [3.8, 4) is 0 Å². The largest absolute Gasteiger partial charge is 0.342 e. The van der Waals surface area contributed by atoms with Crippen molar-refractivity contribution in [2.45, 2.75) is 25.8 Å². The number of rotatable bonds is 4. The number of piperidine rings is 1. The van der Waals surface area contributed by atoms with Gasteiger partial charge in [-0.2, -0.15) is 0 Å². The maximum absolute atomic E-state index is 12.2. The van der Waals surface area contributed by atoms with Crippen molar-refractivity contribution < 1.29 is 9.59 Å². The highest BCUT2D eigenvalue weighted by molar-refractivity contribution is 7.12. The van der Waals surface area contributed by atoms with E-state index in [9.17, 15) is 9.59 Å². The SMILES string of the molecule is CC1CCN(C(=O)CNC(=O)c2cccs2)C(CN)C1.Cl. The molecule has 0 spiro atoms. The van der Waals surface area contributed by atoms with Crippen LogP contribution >= 0.6 is 23.7 Å². The summed E-state index contributed by atoms with van der Waals surface area (Å²) in [4.78, 5) is 26.4. The van der Waals surface area contributed by atoms with Gasteiger partial charge in [0.1, 0.15) is 0 Å². The molecule has 1 aromatic heterocycles. The molecule has 3 N–H and O–H groups in total. The summed E-state index contributed by atoms with van der Waals surface area (Å²) in [5.74, 6) is 0.369. The van der Waals surface area contributed by atoms with Crippen LogP contribution in [-0.2, 0) is 4.79 Å². The van der Waals surface area contributed by atoms with Gasteiger partial charge in [0.15, 0.2) is 0 Å².